The number of hydrogen-bond acceptors (Lipinski definition) is 4. The van der Waals surface area contributed by atoms with Crippen molar-refractivity contribution in [2.45, 2.75) is 12.8 Å². The molecular weight excluding hydrogens is 330 g/mol. The van der Waals surface area contributed by atoms with Crippen molar-refractivity contribution >= 4 is 17.5 Å². The van der Waals surface area contributed by atoms with Crippen LogP contribution in [0.25, 0.3) is 0 Å². The smallest absolute Gasteiger partial charge is 0.259 e. The summed E-state index contributed by atoms with van der Waals surface area (Å²) in [6.07, 6.45) is 0.918. The van der Waals surface area contributed by atoms with Gasteiger partial charge in [0.05, 0.1) is 11.6 Å². The Morgan fingerprint density at radius 1 is 1.15 bits per heavy atom. The first kappa shape index (κ1) is 19.0. The summed E-state index contributed by atoms with van der Waals surface area (Å²) >= 11 is 0. The van der Waals surface area contributed by atoms with Gasteiger partial charge in [-0.05, 0) is 36.2 Å². The number of anilines is 1. The summed E-state index contributed by atoms with van der Waals surface area (Å²) in [5.41, 5.74) is 2.21. The van der Waals surface area contributed by atoms with E-state index in [2.05, 4.69) is 11.4 Å². The van der Waals surface area contributed by atoms with Crippen molar-refractivity contribution in [1.82, 2.24) is 4.90 Å². The summed E-state index contributed by atoms with van der Waals surface area (Å²) in [5, 5.41) is 11.6. The van der Waals surface area contributed by atoms with Gasteiger partial charge in [0.2, 0.25) is 5.91 Å². The number of carbonyl (C=O) groups excluding carboxylic acids is 2. The van der Waals surface area contributed by atoms with Crippen LogP contribution in [-0.4, -0.2) is 37.4 Å². The van der Waals surface area contributed by atoms with E-state index in [1.165, 1.54) is 4.90 Å². The minimum Gasteiger partial charge on any atom is -0.484 e. The van der Waals surface area contributed by atoms with Gasteiger partial charge in [-0.3, -0.25) is 9.59 Å². The van der Waals surface area contributed by atoms with Crippen molar-refractivity contribution in [2.24, 2.45) is 0 Å². The van der Waals surface area contributed by atoms with Crippen molar-refractivity contribution in [3.63, 3.8) is 0 Å². The van der Waals surface area contributed by atoms with Gasteiger partial charge in [-0.2, -0.15) is 5.26 Å². The highest BCUT2D eigenvalue weighted by molar-refractivity contribution is 5.91. The monoisotopic (exact) mass is 351 g/mol. The summed E-state index contributed by atoms with van der Waals surface area (Å²) in [6.45, 7) is -0.0525. The second-order valence-corrected chi connectivity index (χ2v) is 5.96. The Hall–Kier alpha value is -3.33. The molecule has 2 rings (SSSR count). The summed E-state index contributed by atoms with van der Waals surface area (Å²) < 4.78 is 5.43. The Balaban J connectivity index is 1.85. The zero-order valence-electron chi connectivity index (χ0n) is 14.9. The number of likely N-dealkylation sites (N-methyl/N-ethyl adjacent to an activating group) is 1. The first-order chi connectivity index (χ1) is 12.5. The molecule has 1 N–H and O–H groups in total. The van der Waals surface area contributed by atoms with E-state index in [1.807, 2.05) is 12.1 Å². The molecule has 6 nitrogen and oxygen atoms in total. The van der Waals surface area contributed by atoms with E-state index >= 15 is 0 Å². The second kappa shape index (κ2) is 9.23. The van der Waals surface area contributed by atoms with Gasteiger partial charge in [0.15, 0.2) is 6.61 Å². The summed E-state index contributed by atoms with van der Waals surface area (Å²) in [4.78, 5) is 25.1. The van der Waals surface area contributed by atoms with Crippen LogP contribution >= 0.6 is 0 Å². The molecule has 134 valence electrons. The number of carbonyl (C=O) groups is 2. The van der Waals surface area contributed by atoms with E-state index in [-0.39, 0.29) is 18.4 Å². The lowest BCUT2D eigenvalue weighted by atomic mass is 10.1. The van der Waals surface area contributed by atoms with Gasteiger partial charge >= 0.3 is 0 Å². The van der Waals surface area contributed by atoms with Crippen molar-refractivity contribution < 1.29 is 14.3 Å². The molecule has 0 fully saturated rings. The Bertz CT molecular complexity index is 808. The number of aryl methyl sites for hydroxylation is 1. The fourth-order valence-electron chi connectivity index (χ4n) is 2.17. The van der Waals surface area contributed by atoms with Crippen molar-refractivity contribution in [2.75, 3.05) is 26.0 Å². The van der Waals surface area contributed by atoms with Gasteiger partial charge in [0, 0.05) is 32.3 Å². The lowest BCUT2D eigenvalue weighted by Gasteiger charge is -2.12. The van der Waals surface area contributed by atoms with E-state index in [0.29, 0.717) is 29.8 Å². The third-order valence-corrected chi connectivity index (χ3v) is 3.70. The van der Waals surface area contributed by atoms with Gasteiger partial charge in [0.1, 0.15) is 5.75 Å². The Morgan fingerprint density at radius 3 is 2.54 bits per heavy atom. The molecule has 0 aliphatic carbocycles. The molecule has 2 aromatic carbocycles. The molecule has 0 saturated heterocycles. The molecule has 2 amide bonds. The lowest BCUT2D eigenvalue weighted by Crippen LogP contribution is -2.27. The number of nitriles is 1. The van der Waals surface area contributed by atoms with Crippen molar-refractivity contribution in [1.29, 1.82) is 5.26 Å². The highest BCUT2D eigenvalue weighted by atomic mass is 16.5. The molecule has 0 atom stereocenters. The van der Waals surface area contributed by atoms with Gasteiger partial charge < -0.3 is 15.0 Å². The van der Waals surface area contributed by atoms with Crippen LogP contribution in [0.15, 0.2) is 48.5 Å². The maximum atomic E-state index is 12.1. The van der Waals surface area contributed by atoms with Crippen LogP contribution in [-0.2, 0) is 16.0 Å². The van der Waals surface area contributed by atoms with E-state index in [4.69, 9.17) is 10.00 Å². The minimum absolute atomic E-state index is 0.0525. The number of hydrogen-bond donors (Lipinski definition) is 1. The molecular formula is C20H21N3O3. The van der Waals surface area contributed by atoms with Crippen LogP contribution in [0, 0.1) is 11.3 Å². The fraction of sp³-hybridized carbons (Fsp3) is 0.250. The average Bonchev–Trinajstić information content (AvgIpc) is 2.65. The van der Waals surface area contributed by atoms with E-state index in [9.17, 15) is 9.59 Å². The third kappa shape index (κ3) is 5.95. The first-order valence-corrected chi connectivity index (χ1v) is 8.20. The molecule has 0 radical (unpaired) electrons. The zero-order chi connectivity index (χ0) is 18.9. The predicted molar refractivity (Wildman–Crippen MR) is 98.7 cm³/mol. The van der Waals surface area contributed by atoms with Crippen LogP contribution in [0.5, 0.6) is 5.75 Å². The average molecular weight is 351 g/mol. The molecule has 6 heteroatoms. The summed E-state index contributed by atoms with van der Waals surface area (Å²) in [6, 6.07) is 16.2. The fourth-order valence-corrected chi connectivity index (χ4v) is 2.17. The van der Waals surface area contributed by atoms with Crippen LogP contribution in [0.1, 0.15) is 17.5 Å². The van der Waals surface area contributed by atoms with Crippen LogP contribution in [0.3, 0.4) is 0 Å². The molecule has 0 unspecified atom stereocenters. The van der Waals surface area contributed by atoms with E-state index < -0.39 is 0 Å². The second-order valence-electron chi connectivity index (χ2n) is 5.96. The number of benzene rings is 2. The zero-order valence-corrected chi connectivity index (χ0v) is 14.9. The van der Waals surface area contributed by atoms with E-state index in [1.54, 1.807) is 50.5 Å². The SMILES string of the molecule is CN(C)C(=O)COc1cccc(NC(=O)CCc2ccc(C#N)cc2)c1. The lowest BCUT2D eigenvalue weighted by molar-refractivity contribution is -0.130. The number of rotatable bonds is 7. The highest BCUT2D eigenvalue weighted by Gasteiger charge is 2.07. The Kier molecular flexibility index (Phi) is 6.75. The topological polar surface area (TPSA) is 82.4 Å². The molecule has 0 spiro atoms. The van der Waals surface area contributed by atoms with Crippen LogP contribution in [0.4, 0.5) is 5.69 Å². The first-order valence-electron chi connectivity index (χ1n) is 8.20. The minimum atomic E-state index is -0.137. The van der Waals surface area contributed by atoms with Crippen LogP contribution in [0.2, 0.25) is 0 Å². The molecule has 0 aromatic heterocycles. The number of amides is 2. The van der Waals surface area contributed by atoms with Crippen LogP contribution < -0.4 is 10.1 Å². The standard InChI is InChI=1S/C20H21N3O3/c1-23(2)20(25)14-26-18-5-3-4-17(12-18)22-19(24)11-10-15-6-8-16(13-21)9-7-15/h3-9,12H,10-11,14H2,1-2H3,(H,22,24). The molecule has 0 aliphatic heterocycles. The molecule has 0 saturated carbocycles. The molecule has 0 bridgehead atoms. The quantitative estimate of drug-likeness (QED) is 0.831. The predicted octanol–water partition coefficient (Wildman–Crippen LogP) is 2.60. The molecule has 26 heavy (non-hydrogen) atoms. The summed E-state index contributed by atoms with van der Waals surface area (Å²) in [5.74, 6) is 0.267. The number of ether oxygens (including phenoxy) is 1. The van der Waals surface area contributed by atoms with Crippen molar-refractivity contribution in [3.05, 3.63) is 59.7 Å². The van der Waals surface area contributed by atoms with Gasteiger partial charge in [-0.25, -0.2) is 0 Å². The maximum absolute atomic E-state index is 12.1. The van der Waals surface area contributed by atoms with Gasteiger partial charge in [-0.15, -0.1) is 0 Å². The third-order valence-electron chi connectivity index (χ3n) is 3.70. The van der Waals surface area contributed by atoms with Gasteiger partial charge in [-0.1, -0.05) is 18.2 Å². The molecule has 2 aromatic rings. The van der Waals surface area contributed by atoms with Gasteiger partial charge in [0.25, 0.3) is 5.91 Å². The maximum Gasteiger partial charge on any atom is 0.259 e. The van der Waals surface area contributed by atoms with Crippen molar-refractivity contribution in [3.8, 4) is 11.8 Å². The number of nitrogens with zero attached hydrogens (tertiary/aromatic N) is 2. The number of nitrogens with one attached hydrogen (secondary N) is 1. The largest absolute Gasteiger partial charge is 0.484 e. The van der Waals surface area contributed by atoms with E-state index in [0.717, 1.165) is 5.56 Å². The normalized spacial score (nSPS) is 9.88. The Labute approximate surface area is 153 Å². The molecule has 0 heterocycles. The summed E-state index contributed by atoms with van der Waals surface area (Å²) in [7, 11) is 3.33. The molecule has 0 aliphatic rings. The Morgan fingerprint density at radius 2 is 1.88 bits per heavy atom. The highest BCUT2D eigenvalue weighted by Crippen LogP contribution is 2.18.